The summed E-state index contributed by atoms with van der Waals surface area (Å²) in [5.41, 5.74) is 8.63. The number of hydrogen-bond donors (Lipinski definition) is 2. The van der Waals surface area contributed by atoms with E-state index < -0.39 is 10.0 Å². The zero-order chi connectivity index (χ0) is 15.7. The van der Waals surface area contributed by atoms with Gasteiger partial charge in [0.15, 0.2) is 0 Å². The molecule has 0 aromatic heterocycles. The maximum atomic E-state index is 12.6. The highest BCUT2D eigenvalue weighted by Crippen LogP contribution is 2.28. The van der Waals surface area contributed by atoms with Gasteiger partial charge in [0.2, 0.25) is 10.0 Å². The SMILES string of the molecule is CCC(C)(C)CNS(=O)(=O)c1c(C)c(C)cc(N)c1C. The first-order valence-corrected chi connectivity index (χ1v) is 8.36. The van der Waals surface area contributed by atoms with E-state index in [4.69, 9.17) is 5.73 Å². The lowest BCUT2D eigenvalue weighted by Crippen LogP contribution is -2.34. The van der Waals surface area contributed by atoms with Gasteiger partial charge < -0.3 is 5.73 Å². The predicted octanol–water partition coefficient (Wildman–Crippen LogP) is 2.91. The van der Waals surface area contributed by atoms with Crippen LogP contribution in [0, 0.1) is 26.2 Å². The largest absolute Gasteiger partial charge is 0.398 e. The van der Waals surface area contributed by atoms with Crippen LogP contribution in [0.2, 0.25) is 0 Å². The molecule has 1 aromatic rings. The van der Waals surface area contributed by atoms with Gasteiger partial charge >= 0.3 is 0 Å². The summed E-state index contributed by atoms with van der Waals surface area (Å²) < 4.78 is 27.9. The Bertz CT molecular complexity index is 579. The van der Waals surface area contributed by atoms with E-state index in [1.54, 1.807) is 6.92 Å². The number of nitrogens with two attached hydrogens (primary N) is 1. The van der Waals surface area contributed by atoms with Gasteiger partial charge in [0.25, 0.3) is 0 Å². The van der Waals surface area contributed by atoms with Crippen molar-refractivity contribution < 1.29 is 8.42 Å². The van der Waals surface area contributed by atoms with Gasteiger partial charge in [-0.05, 0) is 55.4 Å². The average Bonchev–Trinajstić information content (AvgIpc) is 2.34. The van der Waals surface area contributed by atoms with Crippen LogP contribution in [0.5, 0.6) is 0 Å². The van der Waals surface area contributed by atoms with Crippen LogP contribution in [0.4, 0.5) is 5.69 Å². The lowest BCUT2D eigenvalue weighted by Gasteiger charge is -2.24. The number of benzene rings is 1. The minimum absolute atomic E-state index is 0.0652. The lowest BCUT2D eigenvalue weighted by molar-refractivity contribution is 0.350. The number of sulfonamides is 1. The molecule has 114 valence electrons. The number of aryl methyl sites for hydroxylation is 1. The molecule has 1 rings (SSSR count). The molecule has 0 unspecified atom stereocenters. The third-order valence-electron chi connectivity index (χ3n) is 4.04. The third kappa shape index (κ3) is 3.52. The standard InChI is InChI=1S/C15H26N2O2S/c1-7-15(5,6)9-17-20(18,19)14-11(3)10(2)8-13(16)12(14)4/h8,17H,7,9,16H2,1-6H3. The van der Waals surface area contributed by atoms with Crippen LogP contribution < -0.4 is 10.5 Å². The van der Waals surface area contributed by atoms with E-state index in [0.29, 0.717) is 22.7 Å². The second kappa shape index (κ2) is 5.74. The maximum Gasteiger partial charge on any atom is 0.241 e. The molecular formula is C15H26N2O2S. The van der Waals surface area contributed by atoms with Gasteiger partial charge in [-0.1, -0.05) is 20.8 Å². The fraction of sp³-hybridized carbons (Fsp3) is 0.600. The van der Waals surface area contributed by atoms with Crippen molar-refractivity contribution >= 4 is 15.7 Å². The Morgan fingerprint density at radius 3 is 2.25 bits per heavy atom. The molecule has 0 bridgehead atoms. The van der Waals surface area contributed by atoms with Crippen LogP contribution in [-0.2, 0) is 10.0 Å². The Labute approximate surface area is 122 Å². The molecule has 0 radical (unpaired) electrons. The lowest BCUT2D eigenvalue weighted by atomic mass is 9.91. The summed E-state index contributed by atoms with van der Waals surface area (Å²) in [6, 6.07) is 1.82. The fourth-order valence-electron chi connectivity index (χ4n) is 1.93. The third-order valence-corrected chi connectivity index (χ3v) is 5.72. The highest BCUT2D eigenvalue weighted by Gasteiger charge is 2.25. The number of anilines is 1. The molecule has 0 saturated heterocycles. The highest BCUT2D eigenvalue weighted by atomic mass is 32.2. The molecule has 0 aliphatic heterocycles. The number of nitrogen functional groups attached to an aromatic ring is 1. The van der Waals surface area contributed by atoms with Crippen molar-refractivity contribution in [1.29, 1.82) is 0 Å². The van der Waals surface area contributed by atoms with Crippen molar-refractivity contribution in [3.63, 3.8) is 0 Å². The van der Waals surface area contributed by atoms with E-state index >= 15 is 0 Å². The number of rotatable bonds is 5. The molecular weight excluding hydrogens is 272 g/mol. The quantitative estimate of drug-likeness (QED) is 0.821. The minimum Gasteiger partial charge on any atom is -0.398 e. The zero-order valence-electron chi connectivity index (χ0n) is 13.3. The Kier molecular flexibility index (Phi) is 4.87. The number of nitrogens with one attached hydrogen (secondary N) is 1. The summed E-state index contributed by atoms with van der Waals surface area (Å²) in [6.45, 7) is 12.0. The van der Waals surface area contributed by atoms with E-state index in [9.17, 15) is 8.42 Å². The van der Waals surface area contributed by atoms with Gasteiger partial charge in [-0.2, -0.15) is 0 Å². The van der Waals surface area contributed by atoms with Gasteiger partial charge in [-0.25, -0.2) is 13.1 Å². The molecule has 4 nitrogen and oxygen atoms in total. The molecule has 0 saturated carbocycles. The predicted molar refractivity (Wildman–Crippen MR) is 84.3 cm³/mol. The maximum absolute atomic E-state index is 12.6. The first-order valence-electron chi connectivity index (χ1n) is 6.88. The summed E-state index contributed by atoms with van der Waals surface area (Å²) in [5.74, 6) is 0. The summed E-state index contributed by atoms with van der Waals surface area (Å²) in [5, 5.41) is 0. The average molecular weight is 298 g/mol. The summed E-state index contributed by atoms with van der Waals surface area (Å²) in [4.78, 5) is 0.321. The van der Waals surface area contributed by atoms with Gasteiger partial charge in [0, 0.05) is 12.2 Å². The van der Waals surface area contributed by atoms with E-state index in [2.05, 4.69) is 11.6 Å². The Morgan fingerprint density at radius 1 is 1.20 bits per heavy atom. The molecule has 0 heterocycles. The van der Waals surface area contributed by atoms with E-state index in [0.717, 1.165) is 17.5 Å². The van der Waals surface area contributed by atoms with E-state index in [1.165, 1.54) is 0 Å². The normalized spacial score (nSPS) is 12.7. The van der Waals surface area contributed by atoms with Gasteiger partial charge in [-0.15, -0.1) is 0 Å². The molecule has 0 aliphatic rings. The molecule has 5 heteroatoms. The summed E-state index contributed by atoms with van der Waals surface area (Å²) in [6.07, 6.45) is 0.906. The van der Waals surface area contributed by atoms with E-state index in [-0.39, 0.29) is 5.41 Å². The van der Waals surface area contributed by atoms with Crippen molar-refractivity contribution in [3.05, 3.63) is 22.8 Å². The topological polar surface area (TPSA) is 72.2 Å². The van der Waals surface area contributed by atoms with Crippen molar-refractivity contribution in [2.45, 2.75) is 52.9 Å². The molecule has 0 atom stereocenters. The molecule has 3 N–H and O–H groups in total. The smallest absolute Gasteiger partial charge is 0.241 e. The molecule has 0 spiro atoms. The van der Waals surface area contributed by atoms with Crippen LogP contribution in [0.3, 0.4) is 0 Å². The van der Waals surface area contributed by atoms with Crippen LogP contribution in [0.1, 0.15) is 43.9 Å². The monoisotopic (exact) mass is 298 g/mol. The molecule has 20 heavy (non-hydrogen) atoms. The van der Waals surface area contributed by atoms with Crippen molar-refractivity contribution in [2.75, 3.05) is 12.3 Å². The minimum atomic E-state index is -3.54. The van der Waals surface area contributed by atoms with E-state index in [1.807, 2.05) is 33.8 Å². The first-order chi connectivity index (χ1) is 9.02. The summed E-state index contributed by atoms with van der Waals surface area (Å²) >= 11 is 0. The van der Waals surface area contributed by atoms with Gasteiger partial charge in [0.05, 0.1) is 4.90 Å². The highest BCUT2D eigenvalue weighted by molar-refractivity contribution is 7.89. The zero-order valence-corrected chi connectivity index (χ0v) is 14.1. The molecule has 0 fully saturated rings. The number of hydrogen-bond acceptors (Lipinski definition) is 3. The molecule has 1 aromatic carbocycles. The Balaban J connectivity index is 3.24. The van der Waals surface area contributed by atoms with Crippen molar-refractivity contribution in [2.24, 2.45) is 5.41 Å². The van der Waals surface area contributed by atoms with Crippen molar-refractivity contribution in [1.82, 2.24) is 4.72 Å². The van der Waals surface area contributed by atoms with Crippen LogP contribution in [0.15, 0.2) is 11.0 Å². The van der Waals surface area contributed by atoms with Crippen molar-refractivity contribution in [3.8, 4) is 0 Å². The fourth-order valence-corrected chi connectivity index (χ4v) is 3.74. The Hall–Kier alpha value is -1.07. The summed E-state index contributed by atoms with van der Waals surface area (Å²) in [7, 11) is -3.54. The van der Waals surface area contributed by atoms with Crippen LogP contribution in [0.25, 0.3) is 0 Å². The second-order valence-corrected chi connectivity index (χ2v) is 7.91. The molecule has 0 amide bonds. The second-order valence-electron chi connectivity index (χ2n) is 6.20. The van der Waals surface area contributed by atoms with Crippen LogP contribution in [-0.4, -0.2) is 15.0 Å². The first kappa shape index (κ1) is 17.0. The van der Waals surface area contributed by atoms with Crippen LogP contribution >= 0.6 is 0 Å². The molecule has 0 aliphatic carbocycles. The van der Waals surface area contributed by atoms with Gasteiger partial charge in [-0.3, -0.25) is 0 Å². The Morgan fingerprint density at radius 2 is 1.75 bits per heavy atom. The van der Waals surface area contributed by atoms with Gasteiger partial charge in [0.1, 0.15) is 0 Å².